The highest BCUT2D eigenvalue weighted by Crippen LogP contribution is 2.00. The molecule has 0 N–H and O–H groups in total. The first kappa shape index (κ1) is 10.3. The molecule has 0 radical (unpaired) electrons. The molecule has 2 nitrogen and oxygen atoms in total. The topological polar surface area (TPSA) is 29.4 Å². The van der Waals surface area contributed by atoms with Crippen LogP contribution in [0.25, 0.3) is 0 Å². The van der Waals surface area contributed by atoms with E-state index in [0.29, 0.717) is 6.54 Å². The minimum atomic E-state index is 0.484. The molecule has 0 saturated heterocycles. The van der Waals surface area contributed by atoms with Crippen LogP contribution in [0.15, 0.2) is 17.3 Å². The van der Waals surface area contributed by atoms with Crippen LogP contribution in [0.2, 0.25) is 0 Å². The summed E-state index contributed by atoms with van der Waals surface area (Å²) >= 11 is 0. The molecule has 0 rings (SSSR count). The molecule has 0 aromatic carbocycles. The predicted molar refractivity (Wildman–Crippen MR) is 48.6 cm³/mol. The fourth-order valence-corrected chi connectivity index (χ4v) is 0.900. The van der Waals surface area contributed by atoms with Crippen LogP contribution in [-0.2, 0) is 0 Å². The first-order valence-electron chi connectivity index (χ1n) is 4.36. The molecule has 11 heavy (non-hydrogen) atoms. The Morgan fingerprint density at radius 3 is 2.64 bits per heavy atom. The maximum Gasteiger partial charge on any atom is 0.0811 e. The highest BCUT2D eigenvalue weighted by Gasteiger charge is 1.85. The van der Waals surface area contributed by atoms with Gasteiger partial charge in [0.1, 0.15) is 0 Å². The lowest BCUT2D eigenvalue weighted by molar-refractivity contribution is 0.694. The number of hydrogen-bond donors (Lipinski definition) is 0. The number of allylic oxidation sites excluding steroid dienone is 2. The third-order valence-corrected chi connectivity index (χ3v) is 1.52. The van der Waals surface area contributed by atoms with Gasteiger partial charge in [-0.15, -0.1) is 0 Å². The maximum absolute atomic E-state index is 9.68. The van der Waals surface area contributed by atoms with Crippen molar-refractivity contribution in [3.8, 4) is 0 Å². The lowest BCUT2D eigenvalue weighted by Gasteiger charge is -1.92. The number of hydrogen-bond acceptors (Lipinski definition) is 2. The molecule has 2 heteroatoms. The predicted octanol–water partition coefficient (Wildman–Crippen LogP) is 3.28. The van der Waals surface area contributed by atoms with Gasteiger partial charge < -0.3 is 0 Å². The number of unbranched alkanes of at least 4 members (excludes halogenated alkanes) is 3. The van der Waals surface area contributed by atoms with Gasteiger partial charge in [0.25, 0.3) is 0 Å². The largest absolute Gasteiger partial charge is 0.151 e. The molecular weight excluding hydrogens is 138 g/mol. The average Bonchev–Trinajstić information content (AvgIpc) is 2.03. The van der Waals surface area contributed by atoms with Crippen LogP contribution >= 0.6 is 0 Å². The van der Waals surface area contributed by atoms with Gasteiger partial charge in [0.05, 0.1) is 6.54 Å². The van der Waals surface area contributed by atoms with E-state index in [1.54, 1.807) is 0 Å². The van der Waals surface area contributed by atoms with E-state index in [1.165, 1.54) is 6.42 Å². The second-order valence-electron chi connectivity index (χ2n) is 2.58. The van der Waals surface area contributed by atoms with Crippen LogP contribution in [0, 0.1) is 4.91 Å². The van der Waals surface area contributed by atoms with Crippen molar-refractivity contribution in [3.63, 3.8) is 0 Å². The molecule has 0 unspecified atom stereocenters. The zero-order valence-corrected chi connectivity index (χ0v) is 7.25. The van der Waals surface area contributed by atoms with Gasteiger partial charge in [0.15, 0.2) is 0 Å². The van der Waals surface area contributed by atoms with Crippen molar-refractivity contribution >= 4 is 0 Å². The van der Waals surface area contributed by atoms with Gasteiger partial charge in [0.2, 0.25) is 0 Å². The Balaban J connectivity index is 2.90. The molecule has 0 aromatic rings. The molecule has 0 spiro atoms. The lowest BCUT2D eigenvalue weighted by Crippen LogP contribution is -1.79. The molecule has 0 aliphatic rings. The highest BCUT2D eigenvalue weighted by molar-refractivity contribution is 4.79. The third kappa shape index (κ3) is 9.34. The molecule has 0 aliphatic carbocycles. The number of rotatable bonds is 7. The summed E-state index contributed by atoms with van der Waals surface area (Å²) in [7, 11) is 0. The van der Waals surface area contributed by atoms with E-state index in [2.05, 4.69) is 24.3 Å². The van der Waals surface area contributed by atoms with Gasteiger partial charge in [-0.3, -0.25) is 0 Å². The molecule has 0 bridgehead atoms. The van der Waals surface area contributed by atoms with Crippen LogP contribution in [0.3, 0.4) is 0 Å². The first-order valence-corrected chi connectivity index (χ1v) is 4.36. The summed E-state index contributed by atoms with van der Waals surface area (Å²) in [5.41, 5.74) is 0. The molecule has 0 heterocycles. The van der Waals surface area contributed by atoms with Gasteiger partial charge in [-0.2, -0.15) is 4.91 Å². The SMILES string of the molecule is CCC=CCCCCCN=O. The monoisotopic (exact) mass is 155 g/mol. The Hall–Kier alpha value is -0.660. The van der Waals surface area contributed by atoms with E-state index < -0.39 is 0 Å². The summed E-state index contributed by atoms with van der Waals surface area (Å²) in [6, 6.07) is 0. The molecular formula is C9H17NO. The molecule has 0 atom stereocenters. The summed E-state index contributed by atoms with van der Waals surface area (Å²) in [4.78, 5) is 9.68. The minimum Gasteiger partial charge on any atom is -0.151 e. The summed E-state index contributed by atoms with van der Waals surface area (Å²) in [5, 5.41) is 2.80. The van der Waals surface area contributed by atoms with Gasteiger partial charge in [-0.1, -0.05) is 30.7 Å². The summed E-state index contributed by atoms with van der Waals surface area (Å²) < 4.78 is 0. The second kappa shape index (κ2) is 9.34. The van der Waals surface area contributed by atoms with E-state index in [-0.39, 0.29) is 0 Å². The standard InChI is InChI=1S/C9H17NO/c1-2-3-4-5-6-7-8-9-10-11/h3-4H,2,5-9H2,1H3. The summed E-state index contributed by atoms with van der Waals surface area (Å²) in [5.74, 6) is 0. The van der Waals surface area contributed by atoms with E-state index >= 15 is 0 Å². The Kier molecular flexibility index (Phi) is 8.78. The van der Waals surface area contributed by atoms with Crippen LogP contribution in [-0.4, -0.2) is 6.54 Å². The molecule has 0 aliphatic heterocycles. The molecule has 0 fully saturated rings. The van der Waals surface area contributed by atoms with Crippen molar-refractivity contribution < 1.29 is 0 Å². The number of nitrogens with zero attached hydrogens (tertiary/aromatic N) is 1. The number of nitroso groups, excluding NO2 is 1. The Bertz CT molecular complexity index is 110. The Morgan fingerprint density at radius 1 is 1.18 bits per heavy atom. The van der Waals surface area contributed by atoms with Crippen molar-refractivity contribution in [1.29, 1.82) is 0 Å². The van der Waals surface area contributed by atoms with Crippen LogP contribution in [0.5, 0.6) is 0 Å². The highest BCUT2D eigenvalue weighted by atomic mass is 16.3. The fourth-order valence-electron chi connectivity index (χ4n) is 0.900. The third-order valence-electron chi connectivity index (χ3n) is 1.52. The zero-order chi connectivity index (χ0) is 8.36. The lowest BCUT2D eigenvalue weighted by atomic mass is 10.2. The maximum atomic E-state index is 9.68. The van der Waals surface area contributed by atoms with Crippen LogP contribution in [0.1, 0.15) is 39.0 Å². The normalized spacial score (nSPS) is 10.6. The van der Waals surface area contributed by atoms with E-state index in [4.69, 9.17) is 0 Å². The van der Waals surface area contributed by atoms with Gasteiger partial charge in [-0.05, 0) is 25.7 Å². The Labute approximate surface area is 68.7 Å². The molecule has 0 aromatic heterocycles. The van der Waals surface area contributed by atoms with Crippen molar-refractivity contribution in [2.45, 2.75) is 39.0 Å². The van der Waals surface area contributed by atoms with Gasteiger partial charge in [0, 0.05) is 0 Å². The zero-order valence-electron chi connectivity index (χ0n) is 7.25. The smallest absolute Gasteiger partial charge is 0.0811 e. The second-order valence-corrected chi connectivity index (χ2v) is 2.58. The Morgan fingerprint density at radius 2 is 2.00 bits per heavy atom. The minimum absolute atomic E-state index is 0.484. The molecule has 0 saturated carbocycles. The van der Waals surface area contributed by atoms with E-state index in [1.807, 2.05) is 0 Å². The fraction of sp³-hybridized carbons (Fsp3) is 0.778. The average molecular weight is 155 g/mol. The molecule has 0 amide bonds. The summed E-state index contributed by atoms with van der Waals surface area (Å²) in [6.45, 7) is 2.62. The van der Waals surface area contributed by atoms with Gasteiger partial charge >= 0.3 is 0 Å². The van der Waals surface area contributed by atoms with Crippen LogP contribution in [0.4, 0.5) is 0 Å². The van der Waals surface area contributed by atoms with Crippen LogP contribution < -0.4 is 0 Å². The summed E-state index contributed by atoms with van der Waals surface area (Å²) in [6.07, 6.45) is 9.91. The van der Waals surface area contributed by atoms with E-state index in [9.17, 15) is 4.91 Å². The van der Waals surface area contributed by atoms with Gasteiger partial charge in [-0.25, -0.2) is 0 Å². The first-order chi connectivity index (χ1) is 5.41. The van der Waals surface area contributed by atoms with Crippen molar-refractivity contribution in [3.05, 3.63) is 17.1 Å². The van der Waals surface area contributed by atoms with Crippen molar-refractivity contribution in [1.82, 2.24) is 0 Å². The van der Waals surface area contributed by atoms with Crippen molar-refractivity contribution in [2.75, 3.05) is 6.54 Å². The van der Waals surface area contributed by atoms with Crippen molar-refractivity contribution in [2.24, 2.45) is 5.18 Å². The molecule has 64 valence electrons. The quantitative estimate of drug-likeness (QED) is 0.315. The van der Waals surface area contributed by atoms with E-state index in [0.717, 1.165) is 25.7 Å².